The van der Waals surface area contributed by atoms with Crippen LogP contribution in [0.4, 0.5) is 15.8 Å². The van der Waals surface area contributed by atoms with E-state index >= 15 is 4.39 Å². The number of benzene rings is 4. The number of nitrogens with two attached hydrogens (primary N) is 1. The van der Waals surface area contributed by atoms with Crippen LogP contribution in [0.25, 0.3) is 0 Å². The summed E-state index contributed by atoms with van der Waals surface area (Å²) in [7, 11) is 0. The van der Waals surface area contributed by atoms with Gasteiger partial charge in [-0.25, -0.2) is 4.39 Å². The molecule has 0 saturated carbocycles. The molecule has 7 rings (SSSR count). The number of fused-ring (bicyclic) bond motifs is 3. The lowest BCUT2D eigenvalue weighted by atomic mass is 9.71. The van der Waals surface area contributed by atoms with Crippen LogP contribution in [0.3, 0.4) is 0 Å². The fourth-order valence-electron chi connectivity index (χ4n) is 7.53. The maximum Gasteiger partial charge on any atom is 0.250 e. The van der Waals surface area contributed by atoms with Crippen LogP contribution in [-0.2, 0) is 21.7 Å². The first kappa shape index (κ1) is 30.2. The van der Waals surface area contributed by atoms with Crippen molar-refractivity contribution in [2.75, 3.05) is 23.4 Å². The molecule has 46 heavy (non-hydrogen) atoms. The van der Waals surface area contributed by atoms with E-state index in [2.05, 4.69) is 5.32 Å². The average molecular weight is 660 g/mol. The fourth-order valence-corrected chi connectivity index (χ4v) is 7.89. The third-order valence-electron chi connectivity index (χ3n) is 9.33. The molecule has 4 atom stereocenters. The molecule has 0 aliphatic carbocycles. The molecule has 3 aliphatic rings. The van der Waals surface area contributed by atoms with E-state index in [4.69, 9.17) is 33.7 Å². The van der Waals surface area contributed by atoms with Crippen molar-refractivity contribution in [3.05, 3.63) is 123 Å². The summed E-state index contributed by atoms with van der Waals surface area (Å²) in [4.78, 5) is 44.6. The Morgan fingerprint density at radius 3 is 2.54 bits per heavy atom. The topological polar surface area (TPSA) is 105 Å². The molecule has 11 heteroatoms. The number of anilines is 2. The third kappa shape index (κ3) is 4.56. The van der Waals surface area contributed by atoms with Crippen LogP contribution in [-0.4, -0.2) is 41.8 Å². The molecule has 1 spiro atoms. The highest BCUT2D eigenvalue weighted by Gasteiger charge is 2.71. The van der Waals surface area contributed by atoms with Crippen LogP contribution in [0, 0.1) is 11.7 Å². The summed E-state index contributed by atoms with van der Waals surface area (Å²) in [5.74, 6) is -3.05. The first-order valence-electron chi connectivity index (χ1n) is 14.9. The molecule has 3 aliphatic heterocycles. The molecule has 4 aromatic rings. The lowest BCUT2D eigenvalue weighted by molar-refractivity contribution is -0.128. The highest BCUT2D eigenvalue weighted by Crippen LogP contribution is 2.62. The lowest BCUT2D eigenvalue weighted by Crippen LogP contribution is -2.53. The van der Waals surface area contributed by atoms with Crippen LogP contribution in [0.2, 0.25) is 10.0 Å². The molecule has 4 aromatic carbocycles. The van der Waals surface area contributed by atoms with Gasteiger partial charge in [-0.2, -0.15) is 0 Å². The molecule has 0 radical (unpaired) electrons. The van der Waals surface area contributed by atoms with E-state index in [1.807, 2.05) is 36.1 Å². The molecular weight excluding hydrogens is 630 g/mol. The second kappa shape index (κ2) is 11.4. The molecule has 8 nitrogen and oxygen atoms in total. The Balaban J connectivity index is 1.45. The van der Waals surface area contributed by atoms with Gasteiger partial charge < -0.3 is 20.7 Å². The minimum atomic E-state index is -1.49. The quantitative estimate of drug-likeness (QED) is 0.249. The van der Waals surface area contributed by atoms with Gasteiger partial charge in [0.05, 0.1) is 17.5 Å². The van der Waals surface area contributed by atoms with Gasteiger partial charge in [-0.15, -0.1) is 0 Å². The standard InChI is InChI=1S/C35H29Cl2FN4O4/c1-2-46-23-6-3-5-19(15-23)17-42-28-18-41(22-12-9-20(10-13-22)32(39)43)33(44)29(28)30(24-7-4-8-26(37)31(24)38)35(42)25-14-11-21(36)16-27(25)40-34(35)45/h3-16,28-30H,2,17-18H2,1H3,(H2,39,43)(H,40,45)/t28-,29+,30-,35+/m0/s1. The third-order valence-corrected chi connectivity index (χ3v) is 9.85. The van der Waals surface area contributed by atoms with Crippen molar-refractivity contribution in [1.82, 2.24) is 4.90 Å². The van der Waals surface area contributed by atoms with Crippen LogP contribution >= 0.6 is 23.2 Å². The number of primary amides is 1. The molecule has 0 unspecified atom stereocenters. The normalized spacial score (nSPS) is 23.5. The zero-order chi connectivity index (χ0) is 32.3. The van der Waals surface area contributed by atoms with Crippen molar-refractivity contribution in [2.24, 2.45) is 11.7 Å². The van der Waals surface area contributed by atoms with E-state index in [-0.39, 0.29) is 35.5 Å². The lowest BCUT2D eigenvalue weighted by Gasteiger charge is -2.41. The van der Waals surface area contributed by atoms with E-state index in [1.54, 1.807) is 59.5 Å². The predicted molar refractivity (Wildman–Crippen MR) is 174 cm³/mol. The first-order chi connectivity index (χ1) is 22.1. The number of rotatable bonds is 7. The minimum Gasteiger partial charge on any atom is -0.494 e. The Hall–Kier alpha value is -4.44. The minimum absolute atomic E-state index is 0.105. The number of nitrogens with one attached hydrogen (secondary N) is 1. The number of ether oxygens (including phenoxy) is 1. The van der Waals surface area contributed by atoms with Gasteiger partial charge in [0.25, 0.3) is 0 Å². The molecule has 234 valence electrons. The Morgan fingerprint density at radius 1 is 1.04 bits per heavy atom. The van der Waals surface area contributed by atoms with Crippen molar-refractivity contribution >= 4 is 52.3 Å². The van der Waals surface area contributed by atoms with Gasteiger partial charge >= 0.3 is 0 Å². The van der Waals surface area contributed by atoms with E-state index in [9.17, 15) is 14.4 Å². The summed E-state index contributed by atoms with van der Waals surface area (Å²) < 4.78 is 22.0. The SMILES string of the molecule is CCOc1cccc(CN2[C@H]3CN(c4ccc(C(N)=O)cc4)C(=O)[C@H]3[C@H](c3cccc(Cl)c3F)[C@]23C(=O)Nc2cc(Cl)ccc23)c1. The second-order valence-electron chi connectivity index (χ2n) is 11.7. The zero-order valence-electron chi connectivity index (χ0n) is 24.7. The molecular formula is C35H29Cl2FN4O4. The smallest absolute Gasteiger partial charge is 0.250 e. The predicted octanol–water partition coefficient (Wildman–Crippen LogP) is 6.11. The summed E-state index contributed by atoms with van der Waals surface area (Å²) in [6.07, 6.45) is 0. The van der Waals surface area contributed by atoms with Gasteiger partial charge in [-0.1, -0.05) is 53.5 Å². The molecule has 3 heterocycles. The van der Waals surface area contributed by atoms with E-state index in [0.717, 1.165) is 5.56 Å². The number of hydrogen-bond acceptors (Lipinski definition) is 5. The Bertz CT molecular complexity index is 1900. The van der Waals surface area contributed by atoms with E-state index < -0.39 is 35.1 Å². The van der Waals surface area contributed by atoms with Crippen molar-refractivity contribution in [3.8, 4) is 5.75 Å². The van der Waals surface area contributed by atoms with Crippen molar-refractivity contribution < 1.29 is 23.5 Å². The highest BCUT2D eigenvalue weighted by molar-refractivity contribution is 6.31. The van der Waals surface area contributed by atoms with Gasteiger partial charge in [-0.3, -0.25) is 19.3 Å². The number of halogens is 3. The molecule has 0 bridgehead atoms. The van der Waals surface area contributed by atoms with Crippen molar-refractivity contribution in [2.45, 2.75) is 31.0 Å². The fraction of sp³-hybridized carbons (Fsp3) is 0.229. The maximum absolute atomic E-state index is 16.2. The van der Waals surface area contributed by atoms with Gasteiger partial charge in [0.15, 0.2) is 0 Å². The summed E-state index contributed by atoms with van der Waals surface area (Å²) in [5.41, 5.74) is 6.96. The van der Waals surface area contributed by atoms with Gasteiger partial charge in [0, 0.05) is 52.6 Å². The second-order valence-corrected chi connectivity index (χ2v) is 12.5. The summed E-state index contributed by atoms with van der Waals surface area (Å²) in [5, 5.41) is 3.32. The van der Waals surface area contributed by atoms with Gasteiger partial charge in [0.2, 0.25) is 17.7 Å². The number of carbonyl (C=O) groups excluding carboxylic acids is 3. The molecule has 2 fully saturated rings. The molecule has 2 saturated heterocycles. The Kier molecular flexibility index (Phi) is 7.50. The largest absolute Gasteiger partial charge is 0.494 e. The summed E-state index contributed by atoms with van der Waals surface area (Å²) in [6.45, 7) is 2.84. The number of carbonyl (C=O) groups is 3. The van der Waals surface area contributed by atoms with E-state index in [0.29, 0.717) is 39.9 Å². The van der Waals surface area contributed by atoms with Crippen LogP contribution in [0.15, 0.2) is 84.9 Å². The van der Waals surface area contributed by atoms with Crippen LogP contribution < -0.4 is 20.7 Å². The van der Waals surface area contributed by atoms with E-state index in [1.165, 1.54) is 6.07 Å². The number of amides is 3. The maximum atomic E-state index is 16.2. The van der Waals surface area contributed by atoms with Crippen molar-refractivity contribution in [3.63, 3.8) is 0 Å². The summed E-state index contributed by atoms with van der Waals surface area (Å²) in [6, 6.07) is 23.3. The van der Waals surface area contributed by atoms with Gasteiger partial charge in [0.1, 0.15) is 17.1 Å². The highest BCUT2D eigenvalue weighted by atomic mass is 35.5. The first-order valence-corrected chi connectivity index (χ1v) is 15.7. The zero-order valence-corrected chi connectivity index (χ0v) is 26.2. The van der Waals surface area contributed by atoms with Crippen molar-refractivity contribution in [1.29, 1.82) is 0 Å². The molecule has 3 N–H and O–H groups in total. The van der Waals surface area contributed by atoms with Crippen LogP contribution in [0.5, 0.6) is 5.75 Å². The number of hydrogen-bond donors (Lipinski definition) is 2. The average Bonchev–Trinajstić information content (AvgIpc) is 3.62. The Morgan fingerprint density at radius 2 is 1.80 bits per heavy atom. The summed E-state index contributed by atoms with van der Waals surface area (Å²) >= 11 is 12.7. The number of likely N-dealkylation sites (tertiary alicyclic amines) is 1. The monoisotopic (exact) mass is 658 g/mol. The van der Waals surface area contributed by atoms with Gasteiger partial charge in [-0.05, 0) is 72.6 Å². The van der Waals surface area contributed by atoms with Crippen LogP contribution in [0.1, 0.15) is 39.9 Å². The molecule has 0 aromatic heterocycles. The Labute approximate surface area is 274 Å². The number of nitrogens with zero attached hydrogens (tertiary/aromatic N) is 2. The molecule has 3 amide bonds.